The summed E-state index contributed by atoms with van der Waals surface area (Å²) in [5, 5.41) is 12.5. The Morgan fingerprint density at radius 3 is 2.74 bits per heavy atom. The third-order valence-corrected chi connectivity index (χ3v) is 2.55. The average molecular weight is 267 g/mol. The van der Waals surface area contributed by atoms with Crippen LogP contribution in [0.15, 0.2) is 30.3 Å². The minimum atomic E-state index is -0.357. The van der Waals surface area contributed by atoms with E-state index in [1.165, 1.54) is 0 Å². The molecule has 0 heterocycles. The van der Waals surface area contributed by atoms with Gasteiger partial charge in [-0.05, 0) is 12.5 Å². The van der Waals surface area contributed by atoms with Crippen LogP contribution in [-0.4, -0.2) is 44.0 Å². The smallest absolute Gasteiger partial charge is 0.332 e. The largest absolute Gasteiger partial charge is 0.464 e. The molecule has 2 N–H and O–H groups in total. The van der Waals surface area contributed by atoms with Gasteiger partial charge in [0.25, 0.3) is 0 Å². The van der Waals surface area contributed by atoms with Crippen molar-refractivity contribution in [3.63, 3.8) is 0 Å². The Morgan fingerprint density at radius 2 is 2.11 bits per heavy atom. The molecule has 5 nitrogen and oxygen atoms in total. The van der Waals surface area contributed by atoms with Crippen LogP contribution in [0.2, 0.25) is 0 Å². The summed E-state index contributed by atoms with van der Waals surface area (Å²) in [6, 6.07) is 9.57. The van der Waals surface area contributed by atoms with Crippen molar-refractivity contribution in [1.29, 1.82) is 0 Å². The standard InChI is InChI=1S/C14H21NO4/c1-2-19-14(17)11-18-9-8-15-13(10-16)12-6-4-3-5-7-12/h3-7,13,15-16H,2,8-11H2,1H3. The molecule has 1 aromatic carbocycles. The van der Waals surface area contributed by atoms with Gasteiger partial charge >= 0.3 is 5.97 Å². The van der Waals surface area contributed by atoms with E-state index in [9.17, 15) is 9.90 Å². The summed E-state index contributed by atoms with van der Waals surface area (Å²) < 4.78 is 9.90. The third-order valence-electron chi connectivity index (χ3n) is 2.55. The van der Waals surface area contributed by atoms with Gasteiger partial charge in [-0.15, -0.1) is 0 Å². The maximum absolute atomic E-state index is 11.0. The molecule has 106 valence electrons. The molecular formula is C14H21NO4. The second-order valence-electron chi connectivity index (χ2n) is 3.96. The second kappa shape index (κ2) is 9.49. The molecule has 1 rings (SSSR count). The quantitative estimate of drug-likeness (QED) is 0.514. The van der Waals surface area contributed by atoms with Crippen molar-refractivity contribution in [3.8, 4) is 0 Å². The summed E-state index contributed by atoms with van der Waals surface area (Å²) in [4.78, 5) is 11.0. The number of benzene rings is 1. The summed E-state index contributed by atoms with van der Waals surface area (Å²) >= 11 is 0. The van der Waals surface area contributed by atoms with Crippen LogP contribution in [0.1, 0.15) is 18.5 Å². The first-order valence-electron chi connectivity index (χ1n) is 6.40. The molecule has 0 radical (unpaired) electrons. The van der Waals surface area contributed by atoms with E-state index in [1.807, 2.05) is 30.3 Å². The van der Waals surface area contributed by atoms with Gasteiger partial charge in [0.2, 0.25) is 0 Å². The Balaban J connectivity index is 2.19. The highest BCUT2D eigenvalue weighted by Crippen LogP contribution is 2.10. The summed E-state index contributed by atoms with van der Waals surface area (Å²) in [6.45, 7) is 3.04. The summed E-state index contributed by atoms with van der Waals surface area (Å²) in [5.74, 6) is -0.357. The molecule has 1 unspecified atom stereocenters. The maximum atomic E-state index is 11.0. The van der Waals surface area contributed by atoms with E-state index >= 15 is 0 Å². The minimum Gasteiger partial charge on any atom is -0.464 e. The fourth-order valence-electron chi connectivity index (χ4n) is 1.64. The molecule has 19 heavy (non-hydrogen) atoms. The van der Waals surface area contributed by atoms with Crippen LogP contribution in [0, 0.1) is 0 Å². The van der Waals surface area contributed by atoms with E-state index in [-0.39, 0.29) is 25.2 Å². The van der Waals surface area contributed by atoms with Gasteiger partial charge in [-0.3, -0.25) is 0 Å². The molecule has 0 amide bonds. The number of hydrogen-bond donors (Lipinski definition) is 2. The van der Waals surface area contributed by atoms with E-state index in [1.54, 1.807) is 6.92 Å². The molecule has 1 atom stereocenters. The van der Waals surface area contributed by atoms with Gasteiger partial charge in [0, 0.05) is 6.54 Å². The normalized spacial score (nSPS) is 12.1. The Hall–Kier alpha value is -1.43. The molecule has 0 fully saturated rings. The molecule has 0 aromatic heterocycles. The first kappa shape index (κ1) is 15.6. The Kier molecular flexibility index (Phi) is 7.81. The predicted octanol–water partition coefficient (Wildman–Crippen LogP) is 0.889. The molecule has 0 bridgehead atoms. The summed E-state index contributed by atoms with van der Waals surface area (Å²) in [6.07, 6.45) is 0. The lowest BCUT2D eigenvalue weighted by Gasteiger charge is -2.16. The van der Waals surface area contributed by atoms with Crippen LogP contribution < -0.4 is 5.32 Å². The number of nitrogens with one attached hydrogen (secondary N) is 1. The SMILES string of the molecule is CCOC(=O)COCCNC(CO)c1ccccc1. The highest BCUT2D eigenvalue weighted by atomic mass is 16.6. The fourth-order valence-corrected chi connectivity index (χ4v) is 1.64. The van der Waals surface area contributed by atoms with Gasteiger partial charge in [0.15, 0.2) is 0 Å². The van der Waals surface area contributed by atoms with Gasteiger partial charge in [-0.1, -0.05) is 30.3 Å². The number of aliphatic hydroxyl groups excluding tert-OH is 1. The Bertz CT molecular complexity index is 356. The van der Waals surface area contributed by atoms with Gasteiger partial charge in [-0.25, -0.2) is 4.79 Å². The van der Waals surface area contributed by atoms with E-state index in [0.29, 0.717) is 19.8 Å². The molecule has 0 aliphatic rings. The number of hydrogen-bond acceptors (Lipinski definition) is 5. The number of esters is 1. The van der Waals surface area contributed by atoms with Crippen LogP contribution in [0.25, 0.3) is 0 Å². The highest BCUT2D eigenvalue weighted by molar-refractivity contribution is 5.70. The van der Waals surface area contributed by atoms with Crippen molar-refractivity contribution < 1.29 is 19.4 Å². The molecule has 1 aromatic rings. The van der Waals surface area contributed by atoms with Crippen molar-refractivity contribution in [2.75, 3.05) is 33.0 Å². The van der Waals surface area contributed by atoms with Gasteiger partial charge < -0.3 is 19.9 Å². The second-order valence-corrected chi connectivity index (χ2v) is 3.96. The van der Waals surface area contributed by atoms with Crippen molar-refractivity contribution in [3.05, 3.63) is 35.9 Å². The lowest BCUT2D eigenvalue weighted by Crippen LogP contribution is -2.28. The third kappa shape index (κ3) is 6.33. The first-order chi connectivity index (χ1) is 9.27. The van der Waals surface area contributed by atoms with Crippen molar-refractivity contribution in [2.24, 2.45) is 0 Å². The molecule has 5 heteroatoms. The van der Waals surface area contributed by atoms with Crippen LogP contribution in [0.4, 0.5) is 0 Å². The topological polar surface area (TPSA) is 67.8 Å². The minimum absolute atomic E-state index is 0.0158. The predicted molar refractivity (Wildman–Crippen MR) is 71.7 cm³/mol. The zero-order chi connectivity index (χ0) is 13.9. The van der Waals surface area contributed by atoms with Gasteiger partial charge in [-0.2, -0.15) is 0 Å². The highest BCUT2D eigenvalue weighted by Gasteiger charge is 2.08. The zero-order valence-electron chi connectivity index (χ0n) is 11.2. The zero-order valence-corrected chi connectivity index (χ0v) is 11.2. The van der Waals surface area contributed by atoms with Crippen LogP contribution in [0.5, 0.6) is 0 Å². The van der Waals surface area contributed by atoms with Crippen molar-refractivity contribution >= 4 is 5.97 Å². The van der Waals surface area contributed by atoms with Crippen LogP contribution in [-0.2, 0) is 14.3 Å². The van der Waals surface area contributed by atoms with Crippen molar-refractivity contribution in [2.45, 2.75) is 13.0 Å². The molecular weight excluding hydrogens is 246 g/mol. The molecule has 0 spiro atoms. The van der Waals surface area contributed by atoms with Gasteiger partial charge in [0.1, 0.15) is 6.61 Å². The number of aliphatic hydroxyl groups is 1. The molecule has 0 saturated heterocycles. The van der Waals surface area contributed by atoms with Gasteiger partial charge in [0.05, 0.1) is 25.9 Å². The van der Waals surface area contributed by atoms with Crippen LogP contribution >= 0.6 is 0 Å². The number of carbonyl (C=O) groups excluding carboxylic acids is 1. The van der Waals surface area contributed by atoms with E-state index in [0.717, 1.165) is 5.56 Å². The molecule has 0 aliphatic carbocycles. The van der Waals surface area contributed by atoms with Crippen LogP contribution in [0.3, 0.4) is 0 Å². The number of ether oxygens (including phenoxy) is 2. The Labute approximate surface area is 113 Å². The average Bonchev–Trinajstić information content (AvgIpc) is 2.44. The maximum Gasteiger partial charge on any atom is 0.332 e. The fraction of sp³-hybridized carbons (Fsp3) is 0.500. The summed E-state index contributed by atoms with van der Waals surface area (Å²) in [5.41, 5.74) is 1.02. The van der Waals surface area contributed by atoms with Crippen molar-refractivity contribution in [1.82, 2.24) is 5.32 Å². The first-order valence-corrected chi connectivity index (χ1v) is 6.40. The lowest BCUT2D eigenvalue weighted by molar-refractivity contribution is -0.148. The number of carbonyl (C=O) groups is 1. The van der Waals surface area contributed by atoms with E-state index < -0.39 is 0 Å². The molecule has 0 aliphatic heterocycles. The summed E-state index contributed by atoms with van der Waals surface area (Å²) in [7, 11) is 0. The Morgan fingerprint density at radius 1 is 1.37 bits per heavy atom. The molecule has 0 saturated carbocycles. The number of rotatable bonds is 9. The monoisotopic (exact) mass is 267 g/mol. The van der Waals surface area contributed by atoms with E-state index in [2.05, 4.69) is 5.32 Å². The lowest BCUT2D eigenvalue weighted by atomic mass is 10.1. The van der Waals surface area contributed by atoms with E-state index in [4.69, 9.17) is 9.47 Å².